The number of methoxy groups -OCH3 is 1. The van der Waals surface area contributed by atoms with E-state index in [4.69, 9.17) is 4.74 Å². The highest BCUT2D eigenvalue weighted by Crippen LogP contribution is 2.42. The third-order valence-corrected chi connectivity index (χ3v) is 4.44. The van der Waals surface area contributed by atoms with E-state index in [0.717, 1.165) is 24.6 Å². The van der Waals surface area contributed by atoms with Crippen molar-refractivity contribution in [1.29, 1.82) is 0 Å². The molecule has 1 aromatic rings. The Balaban J connectivity index is 1.98. The van der Waals surface area contributed by atoms with Gasteiger partial charge in [-0.15, -0.1) is 0 Å². The zero-order valence-corrected chi connectivity index (χ0v) is 13.7. The largest absolute Gasteiger partial charge is 0.381 e. The van der Waals surface area contributed by atoms with Gasteiger partial charge in [0.25, 0.3) is 0 Å². The molecular formula is C15H27N5O. The molecule has 0 saturated heterocycles. The highest BCUT2D eigenvalue weighted by molar-refractivity contribution is 5.80. The average Bonchev–Trinajstić information content (AvgIpc) is 2.85. The molecular weight excluding hydrogens is 266 g/mol. The fourth-order valence-electron chi connectivity index (χ4n) is 2.73. The van der Waals surface area contributed by atoms with Crippen molar-refractivity contribution in [2.75, 3.05) is 13.7 Å². The second-order valence-corrected chi connectivity index (χ2v) is 6.12. The van der Waals surface area contributed by atoms with Gasteiger partial charge >= 0.3 is 0 Å². The Morgan fingerprint density at radius 3 is 2.86 bits per heavy atom. The molecule has 0 bridgehead atoms. The molecule has 2 rings (SSSR count). The van der Waals surface area contributed by atoms with E-state index in [1.165, 1.54) is 0 Å². The first kappa shape index (κ1) is 15.8. The molecule has 6 heteroatoms. The molecule has 1 heterocycles. The minimum atomic E-state index is 0.122. The Kier molecular flexibility index (Phi) is 4.88. The van der Waals surface area contributed by atoms with Gasteiger partial charge in [-0.3, -0.25) is 4.68 Å². The number of rotatable bonds is 5. The lowest BCUT2D eigenvalue weighted by molar-refractivity contribution is -0.0922. The number of nitrogens with one attached hydrogen (secondary N) is 2. The van der Waals surface area contributed by atoms with E-state index in [9.17, 15) is 0 Å². The van der Waals surface area contributed by atoms with Crippen molar-refractivity contribution in [3.8, 4) is 0 Å². The maximum atomic E-state index is 5.50. The Morgan fingerprint density at radius 1 is 1.57 bits per heavy atom. The van der Waals surface area contributed by atoms with E-state index >= 15 is 0 Å². The van der Waals surface area contributed by atoms with Crippen molar-refractivity contribution in [1.82, 2.24) is 20.4 Å². The van der Waals surface area contributed by atoms with Gasteiger partial charge in [0.2, 0.25) is 0 Å². The van der Waals surface area contributed by atoms with Crippen molar-refractivity contribution in [3.63, 3.8) is 0 Å². The summed E-state index contributed by atoms with van der Waals surface area (Å²) in [6.45, 7) is 8.00. The number of hydrogen-bond acceptors (Lipinski definition) is 3. The monoisotopic (exact) mass is 293 g/mol. The SMILES string of the molecule is CCNC(=NCc1ccnn1C)NC1CC(OC)C1(C)C. The first-order valence-corrected chi connectivity index (χ1v) is 7.53. The van der Waals surface area contributed by atoms with Crippen LogP contribution in [0.2, 0.25) is 0 Å². The molecule has 0 radical (unpaired) electrons. The summed E-state index contributed by atoms with van der Waals surface area (Å²) in [4.78, 5) is 4.65. The number of hydrogen-bond donors (Lipinski definition) is 2. The average molecular weight is 293 g/mol. The van der Waals surface area contributed by atoms with Gasteiger partial charge < -0.3 is 15.4 Å². The smallest absolute Gasteiger partial charge is 0.191 e. The first-order valence-electron chi connectivity index (χ1n) is 7.53. The fraction of sp³-hybridized carbons (Fsp3) is 0.733. The molecule has 1 aromatic heterocycles. The van der Waals surface area contributed by atoms with Gasteiger partial charge in [0.05, 0.1) is 18.3 Å². The maximum Gasteiger partial charge on any atom is 0.191 e. The second kappa shape index (κ2) is 6.47. The lowest BCUT2D eigenvalue weighted by atomic mass is 9.64. The molecule has 6 nitrogen and oxygen atoms in total. The van der Waals surface area contributed by atoms with Crippen LogP contribution >= 0.6 is 0 Å². The van der Waals surface area contributed by atoms with Crippen LogP contribution in [-0.2, 0) is 18.3 Å². The fourth-order valence-corrected chi connectivity index (χ4v) is 2.73. The summed E-state index contributed by atoms with van der Waals surface area (Å²) in [6.07, 6.45) is 3.12. The summed E-state index contributed by atoms with van der Waals surface area (Å²) in [6, 6.07) is 2.37. The van der Waals surface area contributed by atoms with E-state index in [-0.39, 0.29) is 5.41 Å². The summed E-state index contributed by atoms with van der Waals surface area (Å²) in [5.41, 5.74) is 1.21. The lowest BCUT2D eigenvalue weighted by Gasteiger charge is -2.51. The van der Waals surface area contributed by atoms with Crippen LogP contribution in [0, 0.1) is 5.41 Å². The van der Waals surface area contributed by atoms with Crippen molar-refractivity contribution in [2.45, 2.75) is 45.9 Å². The van der Waals surface area contributed by atoms with Crippen molar-refractivity contribution < 1.29 is 4.74 Å². The van der Waals surface area contributed by atoms with Gasteiger partial charge in [-0.05, 0) is 19.4 Å². The van der Waals surface area contributed by atoms with E-state index < -0.39 is 0 Å². The van der Waals surface area contributed by atoms with Crippen LogP contribution in [0.15, 0.2) is 17.3 Å². The van der Waals surface area contributed by atoms with Crippen molar-refractivity contribution in [2.24, 2.45) is 17.5 Å². The Morgan fingerprint density at radius 2 is 2.33 bits per heavy atom. The molecule has 1 saturated carbocycles. The van der Waals surface area contributed by atoms with Gasteiger partial charge in [-0.2, -0.15) is 5.10 Å². The predicted molar refractivity (Wildman–Crippen MR) is 84.1 cm³/mol. The van der Waals surface area contributed by atoms with Gasteiger partial charge in [-0.25, -0.2) is 4.99 Å². The Bertz CT molecular complexity index is 494. The first-order chi connectivity index (χ1) is 9.98. The van der Waals surface area contributed by atoms with Gasteiger partial charge in [0.15, 0.2) is 5.96 Å². The molecule has 2 atom stereocenters. The number of guanidine groups is 1. The summed E-state index contributed by atoms with van der Waals surface area (Å²) in [5.74, 6) is 0.853. The number of aliphatic imine (C=N–C) groups is 1. The number of aromatic nitrogens is 2. The van der Waals surface area contributed by atoms with Gasteiger partial charge in [-0.1, -0.05) is 13.8 Å². The Hall–Kier alpha value is -1.56. The Labute approximate surface area is 127 Å². The van der Waals surface area contributed by atoms with Crippen molar-refractivity contribution >= 4 is 5.96 Å². The lowest BCUT2D eigenvalue weighted by Crippen LogP contribution is -2.63. The van der Waals surface area contributed by atoms with Crippen LogP contribution in [0.25, 0.3) is 0 Å². The second-order valence-electron chi connectivity index (χ2n) is 6.12. The minimum absolute atomic E-state index is 0.122. The summed E-state index contributed by atoms with van der Waals surface area (Å²) >= 11 is 0. The van der Waals surface area contributed by atoms with Crippen LogP contribution < -0.4 is 10.6 Å². The highest BCUT2D eigenvalue weighted by atomic mass is 16.5. The standard InChI is InChI=1S/C15H27N5O/c1-6-16-14(17-10-11-7-8-18-20(11)4)19-12-9-13(21-5)15(12,2)3/h7-8,12-13H,6,9-10H2,1-5H3,(H2,16,17,19). The number of nitrogens with zero attached hydrogens (tertiary/aromatic N) is 3. The third-order valence-electron chi connectivity index (χ3n) is 4.44. The third kappa shape index (κ3) is 3.37. The van der Waals surface area contributed by atoms with Crippen LogP contribution in [0.4, 0.5) is 0 Å². The summed E-state index contributed by atoms with van der Waals surface area (Å²) < 4.78 is 7.34. The highest BCUT2D eigenvalue weighted by Gasteiger charge is 2.48. The molecule has 2 unspecified atom stereocenters. The van der Waals surface area contributed by atoms with E-state index in [1.807, 2.05) is 17.8 Å². The maximum absolute atomic E-state index is 5.50. The van der Waals surface area contributed by atoms with Crippen LogP contribution in [0.1, 0.15) is 32.9 Å². The summed E-state index contributed by atoms with van der Waals surface area (Å²) in [7, 11) is 3.72. The van der Waals surface area contributed by atoms with Crippen LogP contribution in [-0.4, -0.2) is 41.5 Å². The van der Waals surface area contributed by atoms with Crippen LogP contribution in [0.5, 0.6) is 0 Å². The van der Waals surface area contributed by atoms with E-state index in [1.54, 1.807) is 13.3 Å². The van der Waals surface area contributed by atoms with E-state index in [2.05, 4.69) is 41.5 Å². The zero-order valence-electron chi connectivity index (χ0n) is 13.7. The molecule has 21 heavy (non-hydrogen) atoms. The minimum Gasteiger partial charge on any atom is -0.381 e. The van der Waals surface area contributed by atoms with Gasteiger partial charge in [0.1, 0.15) is 0 Å². The molecule has 0 aromatic carbocycles. The quantitative estimate of drug-likeness (QED) is 0.634. The number of aryl methyl sites for hydroxylation is 1. The van der Waals surface area contributed by atoms with Gasteiger partial charge in [0, 0.05) is 38.4 Å². The summed E-state index contributed by atoms with van der Waals surface area (Å²) in [5, 5.41) is 11.0. The number of ether oxygens (including phenoxy) is 1. The molecule has 0 aliphatic heterocycles. The molecule has 1 fully saturated rings. The van der Waals surface area contributed by atoms with Crippen molar-refractivity contribution in [3.05, 3.63) is 18.0 Å². The molecule has 118 valence electrons. The molecule has 2 N–H and O–H groups in total. The topological polar surface area (TPSA) is 63.5 Å². The van der Waals surface area contributed by atoms with Crippen LogP contribution in [0.3, 0.4) is 0 Å². The molecule has 1 aliphatic rings. The predicted octanol–water partition coefficient (Wildman–Crippen LogP) is 1.29. The zero-order chi connectivity index (χ0) is 15.5. The molecule has 1 aliphatic carbocycles. The molecule has 0 spiro atoms. The van der Waals surface area contributed by atoms with E-state index in [0.29, 0.717) is 18.7 Å². The molecule has 0 amide bonds. The normalized spacial score (nSPS) is 24.5.